The number of rotatable bonds is 2. The average Bonchev–Trinajstić information content (AvgIpc) is 2.02. The Labute approximate surface area is 78.3 Å². The topological polar surface area (TPSA) is 34.1 Å². The van der Waals surface area contributed by atoms with Crippen molar-refractivity contribution in [1.82, 2.24) is 0 Å². The Morgan fingerprint density at radius 1 is 1.31 bits per heavy atom. The second-order valence-corrected chi connectivity index (χ2v) is 3.51. The van der Waals surface area contributed by atoms with Gasteiger partial charge in [-0.1, -0.05) is 25.2 Å². The van der Waals surface area contributed by atoms with Crippen LogP contribution in [0.25, 0.3) is 0 Å². The highest BCUT2D eigenvalue weighted by Crippen LogP contribution is 2.27. The minimum absolute atomic E-state index is 0.00333. The fourth-order valence-electron chi connectivity index (χ4n) is 1.76. The van der Waals surface area contributed by atoms with Gasteiger partial charge in [-0.3, -0.25) is 9.59 Å². The van der Waals surface area contributed by atoms with E-state index in [4.69, 9.17) is 0 Å². The lowest BCUT2D eigenvalue weighted by molar-refractivity contribution is -0.123. The quantitative estimate of drug-likeness (QED) is 0.647. The van der Waals surface area contributed by atoms with Crippen LogP contribution in [0.15, 0.2) is 23.8 Å². The zero-order valence-corrected chi connectivity index (χ0v) is 8.20. The fraction of sp³-hybridized carbons (Fsp3) is 0.455. The summed E-state index contributed by atoms with van der Waals surface area (Å²) in [5.74, 6) is -0.0291. The van der Waals surface area contributed by atoms with Gasteiger partial charge in [0, 0.05) is 5.57 Å². The van der Waals surface area contributed by atoms with Crippen LogP contribution in [0.3, 0.4) is 0 Å². The Morgan fingerprint density at radius 2 is 1.92 bits per heavy atom. The molecule has 0 aromatic heterocycles. The second kappa shape index (κ2) is 3.69. The molecular formula is C11H14O2. The first kappa shape index (κ1) is 9.90. The van der Waals surface area contributed by atoms with Gasteiger partial charge in [0.15, 0.2) is 5.78 Å². The lowest BCUT2D eigenvalue weighted by atomic mass is 9.79. The highest BCUT2D eigenvalue weighted by molar-refractivity contribution is 6.00. The van der Waals surface area contributed by atoms with Gasteiger partial charge in [-0.25, -0.2) is 0 Å². The van der Waals surface area contributed by atoms with E-state index < -0.39 is 0 Å². The van der Waals surface area contributed by atoms with Gasteiger partial charge in [0.25, 0.3) is 0 Å². The largest absolute Gasteiger partial charge is 0.299 e. The van der Waals surface area contributed by atoms with E-state index in [-0.39, 0.29) is 23.4 Å². The van der Waals surface area contributed by atoms with Crippen LogP contribution in [0.2, 0.25) is 0 Å². The Bertz CT molecular complexity index is 297. The number of hydrogen-bond donors (Lipinski definition) is 0. The molecule has 0 fully saturated rings. The number of hydrogen-bond acceptors (Lipinski definition) is 2. The molecule has 0 amide bonds. The van der Waals surface area contributed by atoms with Crippen LogP contribution >= 0.6 is 0 Å². The van der Waals surface area contributed by atoms with Crippen molar-refractivity contribution in [1.29, 1.82) is 0 Å². The summed E-state index contributed by atoms with van der Waals surface area (Å²) in [7, 11) is 0. The molecule has 0 saturated carbocycles. The molecule has 0 heterocycles. The zero-order valence-electron chi connectivity index (χ0n) is 8.20. The third-order valence-electron chi connectivity index (χ3n) is 2.40. The smallest absolute Gasteiger partial charge is 0.156 e. The Hall–Kier alpha value is -1.18. The summed E-state index contributed by atoms with van der Waals surface area (Å²) < 4.78 is 0. The molecule has 1 aliphatic rings. The molecule has 2 nitrogen and oxygen atoms in total. The molecule has 13 heavy (non-hydrogen) atoms. The van der Waals surface area contributed by atoms with E-state index in [1.807, 2.05) is 19.1 Å². The second-order valence-electron chi connectivity index (χ2n) is 3.51. The molecule has 2 heteroatoms. The van der Waals surface area contributed by atoms with Gasteiger partial charge in [-0.05, 0) is 19.8 Å². The predicted molar refractivity (Wildman–Crippen MR) is 51.2 cm³/mol. The monoisotopic (exact) mass is 178 g/mol. The lowest BCUT2D eigenvalue weighted by Crippen LogP contribution is -2.25. The average molecular weight is 178 g/mol. The SMILES string of the molecule is CC(=O)C1=CC=CC(C)C1C(C)=O. The number of carbonyl (C=O) groups is 2. The van der Waals surface area contributed by atoms with E-state index in [9.17, 15) is 9.59 Å². The lowest BCUT2D eigenvalue weighted by Gasteiger charge is -2.22. The Kier molecular flexibility index (Phi) is 2.81. The van der Waals surface area contributed by atoms with E-state index in [2.05, 4.69) is 0 Å². The van der Waals surface area contributed by atoms with Crippen molar-refractivity contribution >= 4 is 11.6 Å². The van der Waals surface area contributed by atoms with E-state index >= 15 is 0 Å². The predicted octanol–water partition coefficient (Wildman–Crippen LogP) is 1.91. The molecule has 2 atom stereocenters. The minimum Gasteiger partial charge on any atom is -0.299 e. The summed E-state index contributed by atoms with van der Waals surface area (Å²) in [6, 6.07) is 0. The minimum atomic E-state index is -0.234. The molecule has 0 spiro atoms. The van der Waals surface area contributed by atoms with E-state index in [1.54, 1.807) is 6.08 Å². The van der Waals surface area contributed by atoms with Crippen molar-refractivity contribution in [3.63, 3.8) is 0 Å². The van der Waals surface area contributed by atoms with Crippen LogP contribution in [0, 0.1) is 11.8 Å². The van der Waals surface area contributed by atoms with Gasteiger partial charge < -0.3 is 0 Å². The van der Waals surface area contributed by atoms with Crippen molar-refractivity contribution in [2.24, 2.45) is 11.8 Å². The highest BCUT2D eigenvalue weighted by Gasteiger charge is 2.28. The van der Waals surface area contributed by atoms with Crippen LogP contribution < -0.4 is 0 Å². The Morgan fingerprint density at radius 3 is 2.31 bits per heavy atom. The molecule has 1 rings (SSSR count). The molecule has 0 N–H and O–H groups in total. The van der Waals surface area contributed by atoms with Crippen molar-refractivity contribution in [2.75, 3.05) is 0 Å². The van der Waals surface area contributed by atoms with Gasteiger partial charge in [-0.15, -0.1) is 0 Å². The molecule has 1 aliphatic carbocycles. The number of allylic oxidation sites excluding steroid dienone is 4. The summed E-state index contributed by atoms with van der Waals surface area (Å²) in [6.45, 7) is 5.00. The Balaban J connectivity index is 3.02. The van der Waals surface area contributed by atoms with Crippen molar-refractivity contribution in [2.45, 2.75) is 20.8 Å². The van der Waals surface area contributed by atoms with Crippen molar-refractivity contribution < 1.29 is 9.59 Å². The normalized spacial score (nSPS) is 26.8. The van der Waals surface area contributed by atoms with Gasteiger partial charge in [0.05, 0.1) is 5.92 Å². The van der Waals surface area contributed by atoms with E-state index in [0.29, 0.717) is 5.57 Å². The summed E-state index contributed by atoms with van der Waals surface area (Å²) >= 11 is 0. The molecule has 0 radical (unpaired) electrons. The van der Waals surface area contributed by atoms with E-state index in [1.165, 1.54) is 13.8 Å². The number of Topliss-reactive ketones (excluding diaryl/α,β-unsaturated/α-hetero) is 2. The van der Waals surface area contributed by atoms with Gasteiger partial charge >= 0.3 is 0 Å². The molecule has 0 saturated heterocycles. The molecular weight excluding hydrogens is 164 g/mol. The van der Waals surface area contributed by atoms with Gasteiger partial charge in [0.1, 0.15) is 5.78 Å². The maximum Gasteiger partial charge on any atom is 0.156 e. The van der Waals surface area contributed by atoms with Crippen LogP contribution in [0.5, 0.6) is 0 Å². The molecule has 0 bridgehead atoms. The van der Waals surface area contributed by atoms with Gasteiger partial charge in [-0.2, -0.15) is 0 Å². The first-order chi connectivity index (χ1) is 6.04. The standard InChI is InChI=1S/C11H14O2/c1-7-5-4-6-10(8(2)12)11(7)9(3)13/h4-7,11H,1-3H3. The number of carbonyl (C=O) groups excluding carboxylic acids is 2. The van der Waals surface area contributed by atoms with E-state index in [0.717, 1.165) is 0 Å². The summed E-state index contributed by atoms with van der Waals surface area (Å²) in [5, 5.41) is 0. The van der Waals surface area contributed by atoms with Crippen LogP contribution in [0.1, 0.15) is 20.8 Å². The summed E-state index contributed by atoms with van der Waals surface area (Å²) in [5.41, 5.74) is 0.641. The van der Waals surface area contributed by atoms with Crippen molar-refractivity contribution in [3.8, 4) is 0 Å². The van der Waals surface area contributed by atoms with Crippen molar-refractivity contribution in [3.05, 3.63) is 23.8 Å². The molecule has 2 unspecified atom stereocenters. The zero-order chi connectivity index (χ0) is 10.0. The molecule has 0 aromatic carbocycles. The first-order valence-corrected chi connectivity index (χ1v) is 4.43. The maximum atomic E-state index is 11.3. The van der Waals surface area contributed by atoms with Crippen LogP contribution in [-0.2, 0) is 9.59 Å². The maximum absolute atomic E-state index is 11.3. The first-order valence-electron chi connectivity index (χ1n) is 4.43. The molecule has 70 valence electrons. The fourth-order valence-corrected chi connectivity index (χ4v) is 1.76. The summed E-state index contributed by atoms with van der Waals surface area (Å²) in [6.07, 6.45) is 5.55. The van der Waals surface area contributed by atoms with Crippen LogP contribution in [-0.4, -0.2) is 11.6 Å². The summed E-state index contributed by atoms with van der Waals surface area (Å²) in [4.78, 5) is 22.5. The third-order valence-corrected chi connectivity index (χ3v) is 2.40. The molecule has 0 aliphatic heterocycles. The van der Waals surface area contributed by atoms with Gasteiger partial charge in [0.2, 0.25) is 0 Å². The highest BCUT2D eigenvalue weighted by atomic mass is 16.1. The third kappa shape index (κ3) is 1.94. The number of ketones is 2. The molecule has 0 aromatic rings. The van der Waals surface area contributed by atoms with Crippen LogP contribution in [0.4, 0.5) is 0 Å².